The highest BCUT2D eigenvalue weighted by Gasteiger charge is 2.19. The molecule has 6 heteroatoms. The van der Waals surface area contributed by atoms with Gasteiger partial charge in [0, 0.05) is 5.69 Å². The summed E-state index contributed by atoms with van der Waals surface area (Å²) in [6.45, 7) is 6.19. The monoisotopic (exact) mass is 222 g/mol. The van der Waals surface area contributed by atoms with Gasteiger partial charge in [-0.25, -0.2) is 9.31 Å². The van der Waals surface area contributed by atoms with Crippen LogP contribution in [0.15, 0.2) is 6.33 Å². The largest absolute Gasteiger partial charge is 0.462 e. The third-order valence-electron chi connectivity index (χ3n) is 2.19. The fourth-order valence-corrected chi connectivity index (χ4v) is 1.45. The zero-order valence-electron chi connectivity index (χ0n) is 9.52. The molecule has 0 bridgehead atoms. The first-order valence-electron chi connectivity index (χ1n) is 5.15. The Labute approximate surface area is 92.6 Å². The average Bonchev–Trinajstić information content (AvgIpc) is 2.73. The number of nitrogens with zero attached hydrogens (tertiary/aromatic N) is 3. The van der Waals surface area contributed by atoms with Gasteiger partial charge in [-0.05, 0) is 12.8 Å². The maximum atomic E-state index is 11.8. The lowest BCUT2D eigenvalue weighted by Crippen LogP contribution is -2.11. The van der Waals surface area contributed by atoms with Crippen molar-refractivity contribution >= 4 is 11.6 Å². The SMILES string of the molecule is Cc1[nH]n2cnnc2c1C(=O)OCC(C)C. The Bertz CT molecular complexity index is 512. The van der Waals surface area contributed by atoms with Gasteiger partial charge in [0.05, 0.1) is 6.61 Å². The van der Waals surface area contributed by atoms with E-state index in [1.807, 2.05) is 13.8 Å². The van der Waals surface area contributed by atoms with E-state index in [0.29, 0.717) is 23.7 Å². The van der Waals surface area contributed by atoms with Crippen molar-refractivity contribution in [3.63, 3.8) is 0 Å². The van der Waals surface area contributed by atoms with Crippen molar-refractivity contribution in [3.8, 4) is 0 Å². The van der Waals surface area contributed by atoms with E-state index in [-0.39, 0.29) is 5.97 Å². The van der Waals surface area contributed by atoms with Gasteiger partial charge >= 0.3 is 5.97 Å². The van der Waals surface area contributed by atoms with Gasteiger partial charge in [0.15, 0.2) is 5.65 Å². The molecule has 2 aromatic heterocycles. The number of aryl methyl sites for hydroxylation is 1. The van der Waals surface area contributed by atoms with Crippen molar-refractivity contribution in [2.45, 2.75) is 20.8 Å². The Hall–Kier alpha value is -1.85. The van der Waals surface area contributed by atoms with Gasteiger partial charge in [0.1, 0.15) is 11.9 Å². The van der Waals surface area contributed by atoms with Crippen molar-refractivity contribution in [2.24, 2.45) is 5.92 Å². The van der Waals surface area contributed by atoms with Crippen molar-refractivity contribution in [3.05, 3.63) is 17.6 Å². The lowest BCUT2D eigenvalue weighted by molar-refractivity contribution is 0.0460. The Morgan fingerprint density at radius 2 is 2.38 bits per heavy atom. The highest BCUT2D eigenvalue weighted by Crippen LogP contribution is 2.14. The molecule has 2 rings (SSSR count). The molecular formula is C10H14N4O2. The van der Waals surface area contributed by atoms with E-state index in [2.05, 4.69) is 15.3 Å². The predicted octanol–water partition coefficient (Wildman–Crippen LogP) is 1.18. The van der Waals surface area contributed by atoms with Crippen LogP contribution >= 0.6 is 0 Å². The summed E-state index contributed by atoms with van der Waals surface area (Å²) >= 11 is 0. The van der Waals surface area contributed by atoms with E-state index in [9.17, 15) is 4.79 Å². The fraction of sp³-hybridized carbons (Fsp3) is 0.500. The number of ether oxygens (including phenoxy) is 1. The maximum absolute atomic E-state index is 11.8. The van der Waals surface area contributed by atoms with E-state index in [0.717, 1.165) is 5.69 Å². The van der Waals surface area contributed by atoms with Gasteiger partial charge in [-0.2, -0.15) is 0 Å². The second kappa shape index (κ2) is 3.96. The first-order valence-corrected chi connectivity index (χ1v) is 5.15. The fourth-order valence-electron chi connectivity index (χ4n) is 1.45. The number of nitrogens with one attached hydrogen (secondary N) is 1. The second-order valence-electron chi connectivity index (χ2n) is 4.13. The van der Waals surface area contributed by atoms with Crippen LogP contribution in [0.1, 0.15) is 29.9 Å². The zero-order chi connectivity index (χ0) is 11.7. The molecule has 0 spiro atoms. The molecule has 2 aromatic rings. The molecular weight excluding hydrogens is 208 g/mol. The topological polar surface area (TPSA) is 72.3 Å². The normalized spacial score (nSPS) is 11.2. The lowest BCUT2D eigenvalue weighted by atomic mass is 10.2. The van der Waals surface area contributed by atoms with Crippen molar-refractivity contribution in [1.29, 1.82) is 0 Å². The van der Waals surface area contributed by atoms with Crippen LogP contribution in [-0.2, 0) is 4.74 Å². The van der Waals surface area contributed by atoms with Crippen molar-refractivity contribution < 1.29 is 9.53 Å². The summed E-state index contributed by atoms with van der Waals surface area (Å²) in [7, 11) is 0. The van der Waals surface area contributed by atoms with Crippen LogP contribution in [-0.4, -0.2) is 32.4 Å². The number of rotatable bonds is 3. The number of aromatic nitrogens is 4. The van der Waals surface area contributed by atoms with Gasteiger partial charge in [-0.15, -0.1) is 10.2 Å². The van der Waals surface area contributed by atoms with E-state index < -0.39 is 0 Å². The average molecular weight is 222 g/mol. The van der Waals surface area contributed by atoms with Crippen LogP contribution in [0, 0.1) is 12.8 Å². The van der Waals surface area contributed by atoms with E-state index in [1.165, 1.54) is 6.33 Å². The van der Waals surface area contributed by atoms with Gasteiger partial charge in [0.25, 0.3) is 0 Å². The molecule has 1 N–H and O–H groups in total. The van der Waals surface area contributed by atoms with Crippen LogP contribution in [0.4, 0.5) is 0 Å². The molecule has 0 aliphatic carbocycles. The number of esters is 1. The highest BCUT2D eigenvalue weighted by atomic mass is 16.5. The molecule has 0 atom stereocenters. The number of carbonyl (C=O) groups is 1. The lowest BCUT2D eigenvalue weighted by Gasteiger charge is -2.05. The van der Waals surface area contributed by atoms with Crippen LogP contribution in [0.3, 0.4) is 0 Å². The molecule has 0 aromatic carbocycles. The number of hydrogen-bond donors (Lipinski definition) is 1. The van der Waals surface area contributed by atoms with Gasteiger partial charge in [0.2, 0.25) is 0 Å². The molecule has 0 aliphatic heterocycles. The van der Waals surface area contributed by atoms with Crippen LogP contribution in [0.2, 0.25) is 0 Å². The van der Waals surface area contributed by atoms with E-state index in [1.54, 1.807) is 11.4 Å². The standard InChI is InChI=1S/C10H14N4O2/c1-6(2)4-16-10(15)8-7(3)13-14-5-11-12-9(8)14/h5-6,13H,4H2,1-3H3. The number of carbonyl (C=O) groups excluding carboxylic acids is 1. The Morgan fingerprint density at radius 3 is 3.06 bits per heavy atom. The van der Waals surface area contributed by atoms with Crippen molar-refractivity contribution in [1.82, 2.24) is 19.8 Å². The molecule has 0 aliphatic rings. The molecule has 16 heavy (non-hydrogen) atoms. The molecule has 0 unspecified atom stereocenters. The minimum absolute atomic E-state index is 0.317. The third-order valence-corrected chi connectivity index (χ3v) is 2.19. The van der Waals surface area contributed by atoms with Crippen LogP contribution in [0.25, 0.3) is 5.65 Å². The maximum Gasteiger partial charge on any atom is 0.343 e. The molecule has 0 radical (unpaired) electrons. The van der Waals surface area contributed by atoms with Gasteiger partial charge in [-0.3, -0.25) is 5.10 Å². The summed E-state index contributed by atoms with van der Waals surface area (Å²) in [5.41, 5.74) is 1.70. The second-order valence-corrected chi connectivity index (χ2v) is 4.13. The van der Waals surface area contributed by atoms with Crippen LogP contribution < -0.4 is 0 Å². The summed E-state index contributed by atoms with van der Waals surface area (Å²) in [6.07, 6.45) is 1.52. The third kappa shape index (κ3) is 1.78. The molecule has 0 saturated carbocycles. The molecule has 6 nitrogen and oxygen atoms in total. The Kier molecular flexibility index (Phi) is 2.64. The Balaban J connectivity index is 2.27. The van der Waals surface area contributed by atoms with Gasteiger partial charge in [-0.1, -0.05) is 13.8 Å². The zero-order valence-corrected chi connectivity index (χ0v) is 9.52. The first kappa shape index (κ1) is 10.7. The Morgan fingerprint density at radius 1 is 1.62 bits per heavy atom. The molecule has 0 fully saturated rings. The van der Waals surface area contributed by atoms with Crippen LogP contribution in [0.5, 0.6) is 0 Å². The number of aromatic amines is 1. The molecule has 2 heterocycles. The molecule has 0 saturated heterocycles. The summed E-state index contributed by atoms with van der Waals surface area (Å²) in [6, 6.07) is 0. The quantitative estimate of drug-likeness (QED) is 0.791. The highest BCUT2D eigenvalue weighted by molar-refractivity contribution is 5.97. The summed E-state index contributed by atoms with van der Waals surface area (Å²) in [5, 5.41) is 10.5. The number of H-pyrrole nitrogens is 1. The smallest absolute Gasteiger partial charge is 0.343 e. The minimum atomic E-state index is -0.356. The minimum Gasteiger partial charge on any atom is -0.462 e. The van der Waals surface area contributed by atoms with Crippen molar-refractivity contribution in [2.75, 3.05) is 6.61 Å². The number of hydrogen-bond acceptors (Lipinski definition) is 4. The number of fused-ring (bicyclic) bond motifs is 1. The molecule has 0 amide bonds. The van der Waals surface area contributed by atoms with E-state index in [4.69, 9.17) is 4.74 Å². The van der Waals surface area contributed by atoms with Gasteiger partial charge < -0.3 is 4.74 Å². The summed E-state index contributed by atoms with van der Waals surface area (Å²) in [4.78, 5) is 11.8. The summed E-state index contributed by atoms with van der Waals surface area (Å²) in [5.74, 6) is -0.0393. The molecule has 86 valence electrons. The van der Waals surface area contributed by atoms with E-state index >= 15 is 0 Å². The summed E-state index contributed by atoms with van der Waals surface area (Å²) < 4.78 is 6.76. The predicted molar refractivity (Wildman–Crippen MR) is 57.2 cm³/mol. The first-order chi connectivity index (χ1) is 7.59.